The third-order valence-corrected chi connectivity index (χ3v) is 4.48. The number of carbonyl (C=O) groups excluding carboxylic acids is 1. The van der Waals surface area contributed by atoms with Crippen LogP contribution in [0.3, 0.4) is 0 Å². The van der Waals surface area contributed by atoms with E-state index >= 15 is 0 Å². The van der Waals surface area contributed by atoms with Gasteiger partial charge in [0.15, 0.2) is 5.78 Å². The molecule has 0 heterocycles. The predicted octanol–water partition coefficient (Wildman–Crippen LogP) is 5.81. The average molecular weight is 399 g/mol. The monoisotopic (exact) mass is 398 g/mol. The van der Waals surface area contributed by atoms with Crippen LogP contribution in [0.15, 0.2) is 72.8 Å². The first kappa shape index (κ1) is 19.5. The van der Waals surface area contributed by atoms with Gasteiger partial charge in [0.1, 0.15) is 5.82 Å². The molecule has 0 spiro atoms. The van der Waals surface area contributed by atoms with Gasteiger partial charge < -0.3 is 5.32 Å². The Morgan fingerprint density at radius 2 is 1.75 bits per heavy atom. The number of hydrogen-bond donors (Lipinski definition) is 1. The molecule has 0 saturated heterocycles. The average Bonchev–Trinajstić information content (AvgIpc) is 2.68. The SMILES string of the molecule is O=C(CC(Nc1ccc([N+](=O)[O-])cc1)c1ccc(Cl)cc1)c1cccc(F)c1. The van der Waals surface area contributed by atoms with Crippen molar-refractivity contribution in [2.24, 2.45) is 0 Å². The molecule has 5 nitrogen and oxygen atoms in total. The summed E-state index contributed by atoms with van der Waals surface area (Å²) < 4.78 is 13.4. The highest BCUT2D eigenvalue weighted by Gasteiger charge is 2.18. The second-order valence-corrected chi connectivity index (χ2v) is 6.63. The lowest BCUT2D eigenvalue weighted by atomic mass is 9.97. The first-order valence-corrected chi connectivity index (χ1v) is 8.85. The number of nitro benzene ring substituents is 1. The lowest BCUT2D eigenvalue weighted by molar-refractivity contribution is -0.384. The van der Waals surface area contributed by atoms with E-state index in [0.717, 1.165) is 5.56 Å². The number of nitrogens with zero attached hydrogens (tertiary/aromatic N) is 1. The Labute approximate surface area is 165 Å². The van der Waals surface area contributed by atoms with Crippen molar-refractivity contribution in [2.75, 3.05) is 5.32 Å². The predicted molar refractivity (Wildman–Crippen MR) is 106 cm³/mol. The Morgan fingerprint density at radius 3 is 2.36 bits per heavy atom. The molecule has 0 amide bonds. The van der Waals surface area contributed by atoms with Gasteiger partial charge in [-0.2, -0.15) is 0 Å². The van der Waals surface area contributed by atoms with Crippen molar-refractivity contribution < 1.29 is 14.1 Å². The maximum Gasteiger partial charge on any atom is 0.269 e. The number of nitro groups is 1. The van der Waals surface area contributed by atoms with E-state index in [2.05, 4.69) is 5.32 Å². The summed E-state index contributed by atoms with van der Waals surface area (Å²) in [5.74, 6) is -0.703. The van der Waals surface area contributed by atoms with Gasteiger partial charge in [0.2, 0.25) is 0 Å². The van der Waals surface area contributed by atoms with E-state index < -0.39 is 16.8 Å². The second-order valence-electron chi connectivity index (χ2n) is 6.19. The minimum absolute atomic E-state index is 0.0237. The Kier molecular flexibility index (Phi) is 6.01. The maximum absolute atomic E-state index is 13.4. The molecule has 142 valence electrons. The molecule has 0 aromatic heterocycles. The molecule has 0 radical (unpaired) electrons. The summed E-state index contributed by atoms with van der Waals surface area (Å²) in [6, 6.07) is 18.1. The number of nitrogens with one attached hydrogen (secondary N) is 1. The molecule has 28 heavy (non-hydrogen) atoms. The molecular weight excluding hydrogens is 383 g/mol. The third-order valence-electron chi connectivity index (χ3n) is 4.23. The largest absolute Gasteiger partial charge is 0.378 e. The number of Topliss-reactive ketones (excluding diaryl/α,β-unsaturated/α-hetero) is 1. The molecule has 0 aliphatic rings. The molecule has 0 aliphatic heterocycles. The van der Waals surface area contributed by atoms with Gasteiger partial charge in [0, 0.05) is 34.8 Å². The molecule has 1 N–H and O–H groups in total. The van der Waals surface area contributed by atoms with Crippen molar-refractivity contribution in [3.05, 3.63) is 105 Å². The van der Waals surface area contributed by atoms with Gasteiger partial charge >= 0.3 is 0 Å². The lowest BCUT2D eigenvalue weighted by Crippen LogP contribution is -2.16. The van der Waals surface area contributed by atoms with Crippen LogP contribution in [0.25, 0.3) is 0 Å². The van der Waals surface area contributed by atoms with Crippen LogP contribution < -0.4 is 5.32 Å². The summed E-state index contributed by atoms with van der Waals surface area (Å²) in [5, 5.41) is 14.6. The van der Waals surface area contributed by atoms with Crippen LogP contribution in [0.2, 0.25) is 5.02 Å². The van der Waals surface area contributed by atoms with Gasteiger partial charge in [-0.05, 0) is 42.0 Å². The number of halogens is 2. The van der Waals surface area contributed by atoms with E-state index in [-0.39, 0.29) is 23.5 Å². The number of ketones is 1. The van der Waals surface area contributed by atoms with E-state index in [4.69, 9.17) is 11.6 Å². The lowest BCUT2D eigenvalue weighted by Gasteiger charge is -2.20. The van der Waals surface area contributed by atoms with Gasteiger partial charge in [0.25, 0.3) is 5.69 Å². The second kappa shape index (κ2) is 8.63. The van der Waals surface area contributed by atoms with Crippen molar-refractivity contribution in [3.63, 3.8) is 0 Å². The molecule has 3 aromatic rings. The van der Waals surface area contributed by atoms with E-state index in [1.807, 2.05) is 0 Å². The molecule has 0 bridgehead atoms. The third kappa shape index (κ3) is 4.92. The zero-order chi connectivity index (χ0) is 20.1. The number of benzene rings is 3. The maximum atomic E-state index is 13.4. The van der Waals surface area contributed by atoms with E-state index in [1.165, 1.54) is 30.3 Å². The summed E-state index contributed by atoms with van der Waals surface area (Å²) in [4.78, 5) is 23.0. The number of anilines is 1. The first-order valence-electron chi connectivity index (χ1n) is 8.47. The van der Waals surface area contributed by atoms with Crippen LogP contribution in [0.5, 0.6) is 0 Å². The van der Waals surface area contributed by atoms with Crippen LogP contribution in [0.4, 0.5) is 15.8 Å². The van der Waals surface area contributed by atoms with Crippen molar-refractivity contribution in [1.29, 1.82) is 0 Å². The molecule has 1 unspecified atom stereocenters. The van der Waals surface area contributed by atoms with Crippen LogP contribution in [-0.2, 0) is 0 Å². The summed E-state index contributed by atoms with van der Waals surface area (Å²) in [5.41, 5.74) is 1.69. The van der Waals surface area contributed by atoms with Crippen molar-refractivity contribution in [2.45, 2.75) is 12.5 Å². The standard InChI is InChI=1S/C21H16ClFN2O3/c22-16-6-4-14(5-7-16)20(13-21(26)15-2-1-3-17(23)12-15)24-18-8-10-19(11-9-18)25(27)28/h1-12,20,24H,13H2. The van der Waals surface area contributed by atoms with E-state index in [9.17, 15) is 19.3 Å². The highest BCUT2D eigenvalue weighted by molar-refractivity contribution is 6.30. The van der Waals surface area contributed by atoms with Crippen LogP contribution in [-0.4, -0.2) is 10.7 Å². The van der Waals surface area contributed by atoms with Gasteiger partial charge in [0.05, 0.1) is 11.0 Å². The Hall–Kier alpha value is -3.25. The minimum atomic E-state index is -0.478. The summed E-state index contributed by atoms with van der Waals surface area (Å²) in [6.07, 6.45) is 0.0715. The summed E-state index contributed by atoms with van der Waals surface area (Å²) >= 11 is 5.95. The van der Waals surface area contributed by atoms with Crippen LogP contribution >= 0.6 is 11.6 Å². The van der Waals surface area contributed by atoms with Crippen molar-refractivity contribution >= 4 is 28.8 Å². The molecule has 7 heteroatoms. The fourth-order valence-corrected chi connectivity index (χ4v) is 2.92. The molecule has 3 rings (SSSR count). The van der Waals surface area contributed by atoms with E-state index in [0.29, 0.717) is 10.7 Å². The Bertz CT molecular complexity index is 991. The topological polar surface area (TPSA) is 72.2 Å². The fraction of sp³-hybridized carbons (Fsp3) is 0.0952. The summed E-state index contributed by atoms with van der Waals surface area (Å²) in [6.45, 7) is 0. The van der Waals surface area contributed by atoms with Crippen molar-refractivity contribution in [3.8, 4) is 0 Å². The smallest absolute Gasteiger partial charge is 0.269 e. The summed E-state index contributed by atoms with van der Waals surface area (Å²) in [7, 11) is 0. The zero-order valence-corrected chi connectivity index (χ0v) is 15.4. The Balaban J connectivity index is 1.85. The van der Waals surface area contributed by atoms with E-state index in [1.54, 1.807) is 42.5 Å². The number of carbonyl (C=O) groups is 1. The molecule has 0 aliphatic carbocycles. The Morgan fingerprint density at radius 1 is 1.07 bits per heavy atom. The fourth-order valence-electron chi connectivity index (χ4n) is 2.79. The molecular formula is C21H16ClFN2O3. The number of rotatable bonds is 7. The molecule has 0 saturated carbocycles. The first-order chi connectivity index (χ1) is 13.4. The molecule has 0 fully saturated rings. The quantitative estimate of drug-likeness (QED) is 0.309. The van der Waals surface area contributed by atoms with Crippen LogP contribution in [0, 0.1) is 15.9 Å². The van der Waals surface area contributed by atoms with Crippen LogP contribution in [0.1, 0.15) is 28.4 Å². The zero-order valence-electron chi connectivity index (χ0n) is 14.6. The van der Waals surface area contributed by atoms with Gasteiger partial charge in [-0.15, -0.1) is 0 Å². The number of hydrogen-bond acceptors (Lipinski definition) is 4. The highest BCUT2D eigenvalue weighted by Crippen LogP contribution is 2.27. The van der Waals surface area contributed by atoms with Gasteiger partial charge in [-0.1, -0.05) is 35.9 Å². The molecule has 3 aromatic carbocycles. The van der Waals surface area contributed by atoms with Crippen molar-refractivity contribution in [1.82, 2.24) is 0 Å². The number of non-ortho nitro benzene ring substituents is 1. The minimum Gasteiger partial charge on any atom is -0.378 e. The van der Waals surface area contributed by atoms with Gasteiger partial charge in [-0.25, -0.2) is 4.39 Å². The normalized spacial score (nSPS) is 11.6. The molecule has 1 atom stereocenters. The highest BCUT2D eigenvalue weighted by atomic mass is 35.5. The van der Waals surface area contributed by atoms with Gasteiger partial charge in [-0.3, -0.25) is 14.9 Å².